The predicted octanol–water partition coefficient (Wildman–Crippen LogP) is 1.59. The smallest absolute Gasteiger partial charge is 0.267 e. The van der Waals surface area contributed by atoms with E-state index in [1.165, 1.54) is 10.6 Å². The summed E-state index contributed by atoms with van der Waals surface area (Å²) in [6.45, 7) is 0. The van der Waals surface area contributed by atoms with Crippen LogP contribution >= 0.6 is 11.6 Å². The molecule has 1 amide bonds. The van der Waals surface area contributed by atoms with E-state index in [9.17, 15) is 9.59 Å². The van der Waals surface area contributed by atoms with Crippen molar-refractivity contribution in [2.75, 3.05) is 0 Å². The minimum Gasteiger partial charge on any atom is -0.365 e. The van der Waals surface area contributed by atoms with Gasteiger partial charge in [-0.15, -0.1) is 0 Å². The Hall–Kier alpha value is -2.07. The van der Waals surface area contributed by atoms with Crippen molar-refractivity contribution in [1.82, 2.24) is 4.57 Å². The quantitative estimate of drug-likeness (QED) is 0.877. The Morgan fingerprint density at radius 1 is 1.24 bits per heavy atom. The summed E-state index contributed by atoms with van der Waals surface area (Å²) in [7, 11) is 0. The molecule has 2 N–H and O–H groups in total. The van der Waals surface area contributed by atoms with Crippen LogP contribution in [-0.2, 0) is 0 Å². The Morgan fingerprint density at radius 2 is 2.00 bits per heavy atom. The fraction of sp³-hybridized carbons (Fsp3) is 0. The van der Waals surface area contributed by atoms with Gasteiger partial charge in [-0.1, -0.05) is 17.7 Å². The molecule has 4 nitrogen and oxygen atoms in total. The first kappa shape index (κ1) is 11.4. The second-order valence-corrected chi connectivity index (χ2v) is 3.88. The van der Waals surface area contributed by atoms with Crippen molar-refractivity contribution in [2.45, 2.75) is 0 Å². The Bertz CT molecular complexity index is 634. The summed E-state index contributed by atoms with van der Waals surface area (Å²) < 4.78 is 1.33. The zero-order valence-corrected chi connectivity index (χ0v) is 9.52. The van der Waals surface area contributed by atoms with Gasteiger partial charge in [0, 0.05) is 11.2 Å². The normalized spacial score (nSPS) is 10.2. The number of nitrogens with zero attached hydrogens (tertiary/aromatic N) is 1. The summed E-state index contributed by atoms with van der Waals surface area (Å²) in [5.74, 6) is -0.744. The summed E-state index contributed by atoms with van der Waals surface area (Å²) in [4.78, 5) is 23.0. The highest BCUT2D eigenvalue weighted by atomic mass is 35.5. The van der Waals surface area contributed by atoms with Crippen LogP contribution in [0.3, 0.4) is 0 Å². The maximum atomic E-state index is 11.9. The lowest BCUT2D eigenvalue weighted by Crippen LogP contribution is -2.28. The molecule has 1 heterocycles. The number of amides is 1. The van der Waals surface area contributed by atoms with Crippen LogP contribution in [0.4, 0.5) is 0 Å². The lowest BCUT2D eigenvalue weighted by atomic mass is 10.2. The molecule has 2 aromatic rings. The number of primary amides is 1. The van der Waals surface area contributed by atoms with Crippen LogP contribution in [0, 0.1) is 0 Å². The van der Waals surface area contributed by atoms with Crippen LogP contribution in [0.15, 0.2) is 47.4 Å². The molecular formula is C12H9ClN2O2. The van der Waals surface area contributed by atoms with Gasteiger partial charge in [-0.3, -0.25) is 14.2 Å². The van der Waals surface area contributed by atoms with Crippen molar-refractivity contribution in [3.63, 3.8) is 0 Å². The first-order chi connectivity index (χ1) is 8.09. The van der Waals surface area contributed by atoms with Gasteiger partial charge < -0.3 is 5.73 Å². The molecule has 17 heavy (non-hydrogen) atoms. The standard InChI is InChI=1S/C12H9ClN2O2/c13-8-3-1-4-9(7-8)15-6-2-5-10(11(14)16)12(15)17/h1-7H,(H2,14,16). The third kappa shape index (κ3) is 2.21. The van der Waals surface area contributed by atoms with Gasteiger partial charge in [-0.05, 0) is 30.3 Å². The number of aromatic nitrogens is 1. The van der Waals surface area contributed by atoms with Crippen LogP contribution < -0.4 is 11.3 Å². The van der Waals surface area contributed by atoms with Gasteiger partial charge in [0.05, 0.1) is 5.69 Å². The minimum atomic E-state index is -0.744. The average molecular weight is 249 g/mol. The molecule has 0 unspecified atom stereocenters. The number of hydrogen-bond acceptors (Lipinski definition) is 2. The average Bonchev–Trinajstić information content (AvgIpc) is 2.29. The number of rotatable bonds is 2. The van der Waals surface area contributed by atoms with E-state index in [-0.39, 0.29) is 5.56 Å². The number of hydrogen-bond donors (Lipinski definition) is 1. The topological polar surface area (TPSA) is 65.1 Å². The van der Waals surface area contributed by atoms with E-state index >= 15 is 0 Å². The largest absolute Gasteiger partial charge is 0.365 e. The maximum absolute atomic E-state index is 11.9. The molecule has 0 aliphatic rings. The van der Waals surface area contributed by atoms with Gasteiger partial charge in [-0.2, -0.15) is 0 Å². The van der Waals surface area contributed by atoms with Gasteiger partial charge in [0.25, 0.3) is 11.5 Å². The van der Waals surface area contributed by atoms with Crippen molar-refractivity contribution >= 4 is 17.5 Å². The lowest BCUT2D eigenvalue weighted by Gasteiger charge is -2.06. The number of carbonyl (C=O) groups is 1. The molecule has 2 rings (SSSR count). The van der Waals surface area contributed by atoms with Crippen LogP contribution in [-0.4, -0.2) is 10.5 Å². The number of carbonyl (C=O) groups excluding carboxylic acids is 1. The zero-order valence-electron chi connectivity index (χ0n) is 8.76. The van der Waals surface area contributed by atoms with E-state index < -0.39 is 11.5 Å². The molecule has 86 valence electrons. The fourth-order valence-corrected chi connectivity index (χ4v) is 1.70. The molecule has 0 spiro atoms. The van der Waals surface area contributed by atoms with Gasteiger partial charge >= 0.3 is 0 Å². The summed E-state index contributed by atoms with van der Waals surface area (Å²) in [5, 5.41) is 0.513. The van der Waals surface area contributed by atoms with Gasteiger partial charge in [0.2, 0.25) is 0 Å². The van der Waals surface area contributed by atoms with Gasteiger partial charge in [0.15, 0.2) is 0 Å². The molecule has 0 bridgehead atoms. The van der Waals surface area contributed by atoms with E-state index in [0.717, 1.165) is 0 Å². The van der Waals surface area contributed by atoms with E-state index in [1.54, 1.807) is 36.5 Å². The van der Waals surface area contributed by atoms with Gasteiger partial charge in [0.1, 0.15) is 5.56 Å². The maximum Gasteiger partial charge on any atom is 0.267 e. The molecule has 0 aliphatic carbocycles. The molecule has 5 heteroatoms. The van der Waals surface area contributed by atoms with Crippen molar-refractivity contribution < 1.29 is 4.79 Å². The predicted molar refractivity (Wildman–Crippen MR) is 65.6 cm³/mol. The third-order valence-electron chi connectivity index (χ3n) is 2.30. The molecule has 1 aromatic heterocycles. The second kappa shape index (κ2) is 4.43. The number of benzene rings is 1. The molecule has 1 aromatic carbocycles. The summed E-state index contributed by atoms with van der Waals surface area (Å²) in [6.07, 6.45) is 1.56. The molecule has 0 aliphatic heterocycles. The molecule has 0 saturated carbocycles. The van der Waals surface area contributed by atoms with Crippen molar-refractivity contribution in [3.05, 3.63) is 63.5 Å². The number of nitrogens with two attached hydrogens (primary N) is 1. The molecule has 0 fully saturated rings. The van der Waals surface area contributed by atoms with Crippen molar-refractivity contribution in [3.8, 4) is 5.69 Å². The highest BCUT2D eigenvalue weighted by molar-refractivity contribution is 6.30. The van der Waals surface area contributed by atoms with E-state index in [1.807, 2.05) is 0 Å². The Labute approximate surface area is 102 Å². The molecule has 0 saturated heterocycles. The second-order valence-electron chi connectivity index (χ2n) is 3.44. The minimum absolute atomic E-state index is 0.0486. The van der Waals surface area contributed by atoms with Crippen LogP contribution in [0.2, 0.25) is 5.02 Å². The van der Waals surface area contributed by atoms with E-state index in [2.05, 4.69) is 0 Å². The summed E-state index contributed by atoms with van der Waals surface area (Å²) >= 11 is 5.84. The van der Waals surface area contributed by atoms with Crippen molar-refractivity contribution in [2.24, 2.45) is 5.73 Å². The van der Waals surface area contributed by atoms with Crippen LogP contribution in [0.1, 0.15) is 10.4 Å². The Balaban J connectivity index is 2.65. The highest BCUT2D eigenvalue weighted by Crippen LogP contribution is 2.13. The number of pyridine rings is 1. The zero-order chi connectivity index (χ0) is 12.4. The monoisotopic (exact) mass is 248 g/mol. The van der Waals surface area contributed by atoms with E-state index in [0.29, 0.717) is 10.7 Å². The SMILES string of the molecule is NC(=O)c1cccn(-c2cccc(Cl)c2)c1=O. The third-order valence-corrected chi connectivity index (χ3v) is 2.53. The lowest BCUT2D eigenvalue weighted by molar-refractivity contribution is 0.0998. The summed E-state index contributed by atoms with van der Waals surface area (Å²) in [6, 6.07) is 9.76. The van der Waals surface area contributed by atoms with Gasteiger partial charge in [-0.25, -0.2) is 0 Å². The first-order valence-corrected chi connectivity index (χ1v) is 5.25. The fourth-order valence-electron chi connectivity index (χ4n) is 1.51. The van der Waals surface area contributed by atoms with Crippen LogP contribution in [0.5, 0.6) is 0 Å². The highest BCUT2D eigenvalue weighted by Gasteiger charge is 2.09. The van der Waals surface area contributed by atoms with Crippen molar-refractivity contribution in [1.29, 1.82) is 0 Å². The summed E-state index contributed by atoms with van der Waals surface area (Å²) in [5.41, 5.74) is 5.20. The molecule has 0 atom stereocenters. The first-order valence-electron chi connectivity index (χ1n) is 4.87. The number of halogens is 1. The Kier molecular flexibility index (Phi) is 2.97. The Morgan fingerprint density at radius 3 is 2.65 bits per heavy atom. The van der Waals surface area contributed by atoms with E-state index in [4.69, 9.17) is 17.3 Å². The molecule has 0 radical (unpaired) electrons. The van der Waals surface area contributed by atoms with Crippen LogP contribution in [0.25, 0.3) is 5.69 Å². The molecular weight excluding hydrogens is 240 g/mol.